The molecule has 0 atom stereocenters. The molecule has 0 N–H and O–H groups in total. The smallest absolute Gasteiger partial charge is 0.227 e. The zero-order valence-electron chi connectivity index (χ0n) is 15.3. The van der Waals surface area contributed by atoms with Crippen molar-refractivity contribution in [3.8, 4) is 11.4 Å². The van der Waals surface area contributed by atoms with Gasteiger partial charge in [-0.25, -0.2) is 4.39 Å². The molecule has 3 aromatic rings. The third-order valence-electron chi connectivity index (χ3n) is 4.37. The van der Waals surface area contributed by atoms with Crippen molar-refractivity contribution in [2.24, 2.45) is 0 Å². The highest BCUT2D eigenvalue weighted by molar-refractivity contribution is 5.76. The van der Waals surface area contributed by atoms with Gasteiger partial charge in [0.15, 0.2) is 0 Å². The van der Waals surface area contributed by atoms with Crippen LogP contribution in [0.1, 0.15) is 24.8 Å². The van der Waals surface area contributed by atoms with Crippen LogP contribution in [-0.4, -0.2) is 34.0 Å². The van der Waals surface area contributed by atoms with E-state index in [1.54, 1.807) is 12.1 Å². The van der Waals surface area contributed by atoms with Gasteiger partial charge in [-0.3, -0.25) is 4.79 Å². The zero-order valence-corrected chi connectivity index (χ0v) is 15.3. The van der Waals surface area contributed by atoms with Crippen LogP contribution in [0.4, 0.5) is 4.39 Å². The minimum atomic E-state index is -0.316. The molecule has 140 valence electrons. The van der Waals surface area contributed by atoms with Crippen LogP contribution in [0.25, 0.3) is 11.4 Å². The summed E-state index contributed by atoms with van der Waals surface area (Å²) in [6, 6.07) is 16.0. The molecule has 2 aromatic carbocycles. The molecular weight excluding hydrogens is 345 g/mol. The summed E-state index contributed by atoms with van der Waals surface area (Å²) in [5.41, 5.74) is 1.89. The molecular formula is C21H22FN3O2. The van der Waals surface area contributed by atoms with Crippen molar-refractivity contribution in [3.63, 3.8) is 0 Å². The van der Waals surface area contributed by atoms with Gasteiger partial charge < -0.3 is 9.42 Å². The summed E-state index contributed by atoms with van der Waals surface area (Å²) in [6.45, 7) is 3.32. The van der Waals surface area contributed by atoms with Gasteiger partial charge in [0.1, 0.15) is 5.82 Å². The van der Waals surface area contributed by atoms with Gasteiger partial charge in [0.25, 0.3) is 0 Å². The number of aryl methyl sites for hydroxylation is 1. The van der Waals surface area contributed by atoms with Crippen LogP contribution < -0.4 is 0 Å². The predicted molar refractivity (Wildman–Crippen MR) is 100 cm³/mol. The average molecular weight is 367 g/mol. The summed E-state index contributed by atoms with van der Waals surface area (Å²) < 4.78 is 18.2. The lowest BCUT2D eigenvalue weighted by atomic mass is 10.1. The zero-order chi connectivity index (χ0) is 19.1. The van der Waals surface area contributed by atoms with Crippen molar-refractivity contribution < 1.29 is 13.7 Å². The molecule has 1 amide bonds. The number of amides is 1. The average Bonchev–Trinajstić information content (AvgIpc) is 3.17. The van der Waals surface area contributed by atoms with Crippen LogP contribution in [0.2, 0.25) is 0 Å². The van der Waals surface area contributed by atoms with Crippen LogP contribution in [0.15, 0.2) is 59.1 Å². The lowest BCUT2D eigenvalue weighted by molar-refractivity contribution is -0.131. The first-order chi connectivity index (χ1) is 13.2. The molecule has 0 bridgehead atoms. The quantitative estimate of drug-likeness (QED) is 0.606. The number of aromatic nitrogens is 2. The van der Waals surface area contributed by atoms with Crippen LogP contribution in [0.3, 0.4) is 0 Å². The predicted octanol–water partition coefficient (Wildman–Crippen LogP) is 3.90. The van der Waals surface area contributed by atoms with Crippen molar-refractivity contribution in [3.05, 3.63) is 71.9 Å². The third kappa shape index (κ3) is 5.23. The Balaban J connectivity index is 1.52. The van der Waals surface area contributed by atoms with Crippen LogP contribution >= 0.6 is 0 Å². The highest BCUT2D eigenvalue weighted by Crippen LogP contribution is 2.17. The Morgan fingerprint density at radius 1 is 1.07 bits per heavy atom. The van der Waals surface area contributed by atoms with E-state index >= 15 is 0 Å². The van der Waals surface area contributed by atoms with Crippen molar-refractivity contribution in [2.45, 2.75) is 26.2 Å². The minimum absolute atomic E-state index is 0.0648. The second-order valence-corrected chi connectivity index (χ2v) is 6.23. The summed E-state index contributed by atoms with van der Waals surface area (Å²) in [7, 11) is 0. The Hall–Kier alpha value is -3.02. The van der Waals surface area contributed by atoms with Gasteiger partial charge in [-0.2, -0.15) is 4.98 Å². The van der Waals surface area contributed by atoms with E-state index in [9.17, 15) is 9.18 Å². The number of nitrogens with zero attached hydrogens (tertiary/aromatic N) is 3. The van der Waals surface area contributed by atoms with Crippen LogP contribution in [0, 0.1) is 5.82 Å². The van der Waals surface area contributed by atoms with Crippen LogP contribution in [0.5, 0.6) is 0 Å². The number of carbonyl (C=O) groups excluding carboxylic acids is 1. The molecule has 1 aromatic heterocycles. The van der Waals surface area contributed by atoms with Gasteiger partial charge >= 0.3 is 0 Å². The number of hydrogen-bond donors (Lipinski definition) is 0. The Morgan fingerprint density at radius 2 is 1.81 bits per heavy atom. The Labute approximate surface area is 157 Å². The fourth-order valence-electron chi connectivity index (χ4n) is 2.81. The Bertz CT molecular complexity index is 863. The SMILES string of the molecule is CCN(CCc1ccccc1)C(=O)CCc1nc(-c2ccc(F)cc2)no1. The molecule has 0 radical (unpaired) electrons. The van der Waals surface area contributed by atoms with E-state index in [0.29, 0.717) is 43.2 Å². The molecule has 0 saturated carbocycles. The summed E-state index contributed by atoms with van der Waals surface area (Å²) in [5, 5.41) is 3.90. The fraction of sp³-hybridized carbons (Fsp3) is 0.286. The lowest BCUT2D eigenvalue weighted by Gasteiger charge is -2.20. The maximum Gasteiger partial charge on any atom is 0.227 e. The molecule has 0 aliphatic rings. The molecule has 0 saturated heterocycles. The second kappa shape index (κ2) is 9.07. The topological polar surface area (TPSA) is 59.2 Å². The molecule has 0 aliphatic heterocycles. The first-order valence-electron chi connectivity index (χ1n) is 9.06. The van der Waals surface area contributed by atoms with Crippen molar-refractivity contribution in [1.29, 1.82) is 0 Å². The maximum absolute atomic E-state index is 13.0. The van der Waals surface area contributed by atoms with E-state index in [1.165, 1.54) is 17.7 Å². The maximum atomic E-state index is 13.0. The summed E-state index contributed by atoms with van der Waals surface area (Å²) in [4.78, 5) is 18.6. The number of benzene rings is 2. The van der Waals surface area contributed by atoms with Crippen molar-refractivity contribution in [2.75, 3.05) is 13.1 Å². The summed E-state index contributed by atoms with van der Waals surface area (Å²) in [6.07, 6.45) is 1.53. The number of carbonyl (C=O) groups is 1. The summed E-state index contributed by atoms with van der Waals surface area (Å²) >= 11 is 0. The standard InChI is InChI=1S/C21H22FN3O2/c1-2-25(15-14-16-6-4-3-5-7-16)20(26)13-12-19-23-21(24-27-19)17-8-10-18(22)11-9-17/h3-11H,2,12-15H2,1H3. The molecule has 3 rings (SSSR count). The lowest BCUT2D eigenvalue weighted by Crippen LogP contribution is -2.32. The van der Waals surface area contributed by atoms with Crippen molar-refractivity contribution >= 4 is 5.91 Å². The molecule has 0 unspecified atom stereocenters. The number of likely N-dealkylation sites (N-methyl/N-ethyl adjacent to an activating group) is 1. The molecule has 0 aliphatic carbocycles. The molecule has 0 spiro atoms. The van der Waals surface area contributed by atoms with Gasteiger partial charge in [-0.15, -0.1) is 0 Å². The van der Waals surface area contributed by atoms with E-state index in [0.717, 1.165) is 6.42 Å². The minimum Gasteiger partial charge on any atom is -0.343 e. The van der Waals surface area contributed by atoms with Crippen molar-refractivity contribution in [1.82, 2.24) is 15.0 Å². The van der Waals surface area contributed by atoms with Crippen LogP contribution in [-0.2, 0) is 17.6 Å². The van der Waals surface area contributed by atoms with Gasteiger partial charge in [0, 0.05) is 31.5 Å². The van der Waals surface area contributed by atoms with E-state index in [4.69, 9.17) is 4.52 Å². The largest absolute Gasteiger partial charge is 0.343 e. The van der Waals surface area contributed by atoms with E-state index in [1.807, 2.05) is 30.0 Å². The monoisotopic (exact) mass is 367 g/mol. The molecule has 5 nitrogen and oxygen atoms in total. The van der Waals surface area contributed by atoms with E-state index < -0.39 is 0 Å². The normalized spacial score (nSPS) is 10.7. The van der Waals surface area contributed by atoms with Gasteiger partial charge in [-0.1, -0.05) is 35.5 Å². The highest BCUT2D eigenvalue weighted by Gasteiger charge is 2.15. The Morgan fingerprint density at radius 3 is 2.52 bits per heavy atom. The van der Waals surface area contributed by atoms with E-state index in [-0.39, 0.29) is 11.7 Å². The van der Waals surface area contributed by atoms with E-state index in [2.05, 4.69) is 22.3 Å². The molecule has 0 fully saturated rings. The number of halogens is 1. The molecule has 6 heteroatoms. The van der Waals surface area contributed by atoms with Gasteiger partial charge in [0.2, 0.25) is 17.6 Å². The second-order valence-electron chi connectivity index (χ2n) is 6.23. The Kier molecular flexibility index (Phi) is 6.30. The first kappa shape index (κ1) is 18.8. The number of rotatable bonds is 8. The highest BCUT2D eigenvalue weighted by atomic mass is 19.1. The molecule has 27 heavy (non-hydrogen) atoms. The fourth-order valence-corrected chi connectivity index (χ4v) is 2.81. The third-order valence-corrected chi connectivity index (χ3v) is 4.37. The van der Waals surface area contributed by atoms with Gasteiger partial charge in [-0.05, 0) is 43.2 Å². The van der Waals surface area contributed by atoms with Gasteiger partial charge in [0.05, 0.1) is 0 Å². The molecule has 1 heterocycles. The summed E-state index contributed by atoms with van der Waals surface area (Å²) in [5.74, 6) is 0.550. The number of hydrogen-bond acceptors (Lipinski definition) is 4. The first-order valence-corrected chi connectivity index (χ1v) is 9.06.